The number of nitrogens with zero attached hydrogens (tertiary/aromatic N) is 1. The van der Waals surface area contributed by atoms with Gasteiger partial charge < -0.3 is 4.74 Å². The van der Waals surface area contributed by atoms with Gasteiger partial charge in [-0.15, -0.1) is 0 Å². The lowest BCUT2D eigenvalue weighted by Gasteiger charge is -2.28. The first-order chi connectivity index (χ1) is 10.7. The third-order valence-corrected chi connectivity index (χ3v) is 4.74. The first kappa shape index (κ1) is 17.0. The second-order valence-corrected chi connectivity index (χ2v) is 6.42. The first-order valence-corrected chi connectivity index (χ1v) is 8.59. The Morgan fingerprint density at radius 1 is 1.27 bits per heavy atom. The van der Waals surface area contributed by atoms with Crippen molar-refractivity contribution in [3.05, 3.63) is 35.9 Å². The van der Waals surface area contributed by atoms with Crippen molar-refractivity contribution in [3.63, 3.8) is 0 Å². The SMILES string of the molecule is CCC[C@@H]1[C@H](CC(=O)OCC)[C@@H](C)CN1Cc1ccccc1. The van der Waals surface area contributed by atoms with Crippen LogP contribution in [0.25, 0.3) is 0 Å². The molecule has 3 nitrogen and oxygen atoms in total. The maximum atomic E-state index is 11.9. The van der Waals surface area contributed by atoms with Crippen molar-refractivity contribution in [2.45, 2.75) is 52.6 Å². The van der Waals surface area contributed by atoms with Crippen molar-refractivity contribution in [3.8, 4) is 0 Å². The molecule has 0 N–H and O–H groups in total. The number of esters is 1. The Morgan fingerprint density at radius 3 is 2.64 bits per heavy atom. The standard InChI is InChI=1S/C19H29NO2/c1-4-9-18-17(12-19(21)22-5-2)15(3)13-20(18)14-16-10-7-6-8-11-16/h6-8,10-11,15,17-18H,4-5,9,12-14H2,1-3H3/t15-,17+,18+/m0/s1. The third-order valence-electron chi connectivity index (χ3n) is 4.74. The highest BCUT2D eigenvalue weighted by atomic mass is 16.5. The van der Waals surface area contributed by atoms with Gasteiger partial charge in [0.1, 0.15) is 0 Å². The number of benzene rings is 1. The normalized spacial score (nSPS) is 25.3. The molecule has 0 spiro atoms. The lowest BCUT2D eigenvalue weighted by atomic mass is 9.87. The van der Waals surface area contributed by atoms with Crippen molar-refractivity contribution in [2.24, 2.45) is 11.8 Å². The van der Waals surface area contributed by atoms with Gasteiger partial charge in [0.05, 0.1) is 13.0 Å². The fourth-order valence-electron chi connectivity index (χ4n) is 3.73. The van der Waals surface area contributed by atoms with Crippen LogP contribution in [0, 0.1) is 11.8 Å². The molecule has 0 bridgehead atoms. The summed E-state index contributed by atoms with van der Waals surface area (Å²) in [7, 11) is 0. The van der Waals surface area contributed by atoms with Crippen LogP contribution in [-0.2, 0) is 16.1 Å². The third kappa shape index (κ3) is 4.33. The van der Waals surface area contributed by atoms with Crippen LogP contribution in [0.5, 0.6) is 0 Å². The number of carbonyl (C=O) groups is 1. The summed E-state index contributed by atoms with van der Waals surface area (Å²) >= 11 is 0. The lowest BCUT2D eigenvalue weighted by Crippen LogP contribution is -2.33. The first-order valence-electron chi connectivity index (χ1n) is 8.59. The summed E-state index contributed by atoms with van der Waals surface area (Å²) in [6.07, 6.45) is 2.87. The Kier molecular flexibility index (Phi) is 6.44. The second kappa shape index (κ2) is 8.33. The van der Waals surface area contributed by atoms with E-state index in [2.05, 4.69) is 49.1 Å². The van der Waals surface area contributed by atoms with Crippen molar-refractivity contribution in [2.75, 3.05) is 13.2 Å². The van der Waals surface area contributed by atoms with Gasteiger partial charge in [0, 0.05) is 19.1 Å². The van der Waals surface area contributed by atoms with E-state index in [9.17, 15) is 4.79 Å². The predicted octanol–water partition coefficient (Wildman–Crippen LogP) is 3.88. The van der Waals surface area contributed by atoms with Gasteiger partial charge in [0.25, 0.3) is 0 Å². The maximum absolute atomic E-state index is 11.9. The highest BCUT2D eigenvalue weighted by Crippen LogP contribution is 2.36. The van der Waals surface area contributed by atoms with E-state index in [-0.39, 0.29) is 5.97 Å². The van der Waals surface area contributed by atoms with Crippen LogP contribution in [0.15, 0.2) is 30.3 Å². The number of hydrogen-bond donors (Lipinski definition) is 0. The number of ether oxygens (including phenoxy) is 1. The summed E-state index contributed by atoms with van der Waals surface area (Å²) < 4.78 is 5.17. The Hall–Kier alpha value is -1.35. The van der Waals surface area contributed by atoms with E-state index in [1.165, 1.54) is 5.56 Å². The summed E-state index contributed by atoms with van der Waals surface area (Å²) in [4.78, 5) is 14.5. The smallest absolute Gasteiger partial charge is 0.306 e. The largest absolute Gasteiger partial charge is 0.466 e. The van der Waals surface area contributed by atoms with E-state index >= 15 is 0 Å². The molecule has 1 fully saturated rings. The molecule has 0 aliphatic carbocycles. The average Bonchev–Trinajstić information content (AvgIpc) is 2.77. The van der Waals surface area contributed by atoms with Crippen LogP contribution in [0.1, 0.15) is 45.6 Å². The van der Waals surface area contributed by atoms with Crippen molar-refractivity contribution in [1.82, 2.24) is 4.90 Å². The molecule has 22 heavy (non-hydrogen) atoms. The minimum Gasteiger partial charge on any atom is -0.466 e. The van der Waals surface area contributed by atoms with E-state index in [0.29, 0.717) is 30.9 Å². The minimum absolute atomic E-state index is 0.0398. The van der Waals surface area contributed by atoms with Crippen LogP contribution in [0.4, 0.5) is 0 Å². The molecule has 0 unspecified atom stereocenters. The average molecular weight is 303 g/mol. The molecular weight excluding hydrogens is 274 g/mol. The van der Waals surface area contributed by atoms with E-state index in [1.54, 1.807) is 0 Å². The van der Waals surface area contributed by atoms with Crippen LogP contribution in [0.2, 0.25) is 0 Å². The van der Waals surface area contributed by atoms with E-state index in [0.717, 1.165) is 25.9 Å². The number of carbonyl (C=O) groups excluding carboxylic acids is 1. The van der Waals surface area contributed by atoms with E-state index < -0.39 is 0 Å². The molecular formula is C19H29NO2. The molecule has 1 saturated heterocycles. The zero-order chi connectivity index (χ0) is 15.9. The summed E-state index contributed by atoms with van der Waals surface area (Å²) in [6, 6.07) is 11.1. The van der Waals surface area contributed by atoms with E-state index in [1.807, 2.05) is 6.92 Å². The Labute approximate surface area is 134 Å². The van der Waals surface area contributed by atoms with Gasteiger partial charge >= 0.3 is 5.97 Å². The minimum atomic E-state index is -0.0398. The topological polar surface area (TPSA) is 29.5 Å². The molecule has 122 valence electrons. The molecule has 3 atom stereocenters. The molecule has 0 aromatic heterocycles. The summed E-state index contributed by atoms with van der Waals surface area (Å²) in [5, 5.41) is 0. The molecule has 0 radical (unpaired) electrons. The van der Waals surface area contributed by atoms with Crippen LogP contribution in [-0.4, -0.2) is 30.1 Å². The molecule has 1 aliphatic rings. The van der Waals surface area contributed by atoms with Gasteiger partial charge in [-0.3, -0.25) is 9.69 Å². The number of likely N-dealkylation sites (tertiary alicyclic amines) is 1. The van der Waals surface area contributed by atoms with Crippen molar-refractivity contribution in [1.29, 1.82) is 0 Å². The molecule has 1 aromatic carbocycles. The summed E-state index contributed by atoms with van der Waals surface area (Å²) in [5.74, 6) is 0.925. The van der Waals surface area contributed by atoms with Crippen molar-refractivity contribution < 1.29 is 9.53 Å². The zero-order valence-electron chi connectivity index (χ0n) is 14.1. The molecule has 1 aromatic rings. The molecule has 1 heterocycles. The Morgan fingerprint density at radius 2 is 2.00 bits per heavy atom. The van der Waals surface area contributed by atoms with E-state index in [4.69, 9.17) is 4.74 Å². The van der Waals surface area contributed by atoms with Gasteiger partial charge in [-0.25, -0.2) is 0 Å². The Bertz CT molecular complexity index is 460. The van der Waals surface area contributed by atoms with Crippen LogP contribution in [0.3, 0.4) is 0 Å². The van der Waals surface area contributed by atoms with Crippen molar-refractivity contribution >= 4 is 5.97 Å². The van der Waals surface area contributed by atoms with Crippen LogP contribution < -0.4 is 0 Å². The number of rotatable bonds is 7. The quantitative estimate of drug-likeness (QED) is 0.716. The zero-order valence-corrected chi connectivity index (χ0v) is 14.1. The second-order valence-electron chi connectivity index (χ2n) is 6.42. The highest BCUT2D eigenvalue weighted by Gasteiger charge is 2.39. The lowest BCUT2D eigenvalue weighted by molar-refractivity contribution is -0.144. The molecule has 0 amide bonds. The number of hydrogen-bond acceptors (Lipinski definition) is 3. The van der Waals surface area contributed by atoms with Gasteiger partial charge in [-0.05, 0) is 30.7 Å². The fourth-order valence-corrected chi connectivity index (χ4v) is 3.73. The van der Waals surface area contributed by atoms with Gasteiger partial charge in [0.15, 0.2) is 0 Å². The fraction of sp³-hybridized carbons (Fsp3) is 0.632. The van der Waals surface area contributed by atoms with Gasteiger partial charge in [0.2, 0.25) is 0 Å². The van der Waals surface area contributed by atoms with Gasteiger partial charge in [-0.2, -0.15) is 0 Å². The summed E-state index contributed by atoms with van der Waals surface area (Å²) in [6.45, 7) is 8.91. The Balaban J connectivity index is 2.05. The highest BCUT2D eigenvalue weighted by molar-refractivity contribution is 5.69. The molecule has 1 aliphatic heterocycles. The summed E-state index contributed by atoms with van der Waals surface area (Å²) in [5.41, 5.74) is 1.35. The predicted molar refractivity (Wildman–Crippen MR) is 89.5 cm³/mol. The maximum Gasteiger partial charge on any atom is 0.306 e. The molecule has 0 saturated carbocycles. The molecule has 3 heteroatoms. The van der Waals surface area contributed by atoms with Gasteiger partial charge in [-0.1, -0.05) is 50.6 Å². The molecule has 2 rings (SSSR count). The monoisotopic (exact) mass is 303 g/mol. The van der Waals surface area contributed by atoms with Crippen LogP contribution >= 0.6 is 0 Å².